The van der Waals surface area contributed by atoms with E-state index in [2.05, 4.69) is 15.6 Å². The second-order valence-corrected chi connectivity index (χ2v) is 9.64. The van der Waals surface area contributed by atoms with Crippen molar-refractivity contribution in [3.8, 4) is 0 Å². The number of fused-ring (bicyclic) bond motifs is 1. The molecule has 0 unspecified atom stereocenters. The number of hydrogen-bond acceptors (Lipinski definition) is 4. The predicted molar refractivity (Wildman–Crippen MR) is 124 cm³/mol. The van der Waals surface area contributed by atoms with Crippen molar-refractivity contribution in [2.75, 3.05) is 0 Å². The Morgan fingerprint density at radius 1 is 1.12 bits per heavy atom. The number of benzene rings is 2. The van der Waals surface area contributed by atoms with Gasteiger partial charge in [0, 0.05) is 17.1 Å². The summed E-state index contributed by atoms with van der Waals surface area (Å²) in [6, 6.07) is 12.4. The first-order valence-electron chi connectivity index (χ1n) is 11.4. The van der Waals surface area contributed by atoms with Gasteiger partial charge in [0.2, 0.25) is 11.8 Å². The molecule has 33 heavy (non-hydrogen) atoms. The van der Waals surface area contributed by atoms with E-state index in [0.717, 1.165) is 31.2 Å². The summed E-state index contributed by atoms with van der Waals surface area (Å²) in [5.74, 6) is -1.18. The minimum absolute atomic E-state index is 0.0786. The summed E-state index contributed by atoms with van der Waals surface area (Å²) in [7, 11) is 0. The van der Waals surface area contributed by atoms with Gasteiger partial charge in [0.15, 0.2) is 0 Å². The van der Waals surface area contributed by atoms with Crippen LogP contribution in [0, 0.1) is 5.82 Å². The van der Waals surface area contributed by atoms with Gasteiger partial charge in [-0.1, -0.05) is 48.4 Å². The molecule has 0 bridgehead atoms. The summed E-state index contributed by atoms with van der Waals surface area (Å²) < 4.78 is 16.5. The molecule has 8 heteroatoms. The molecule has 1 saturated carbocycles. The zero-order valence-corrected chi connectivity index (χ0v) is 19.3. The van der Waals surface area contributed by atoms with Crippen LogP contribution in [0.5, 0.6) is 0 Å². The van der Waals surface area contributed by atoms with Crippen molar-refractivity contribution in [1.82, 2.24) is 25.2 Å². The third kappa shape index (κ3) is 5.05. The van der Waals surface area contributed by atoms with Crippen LogP contribution in [-0.4, -0.2) is 43.3 Å². The van der Waals surface area contributed by atoms with Crippen LogP contribution in [0.1, 0.15) is 58.1 Å². The number of rotatable bonds is 6. The highest BCUT2D eigenvalue weighted by atomic mass is 19.1. The Labute approximate surface area is 193 Å². The highest BCUT2D eigenvalue weighted by Crippen LogP contribution is 2.33. The average molecular weight is 452 g/mol. The van der Waals surface area contributed by atoms with E-state index < -0.39 is 23.3 Å². The molecule has 0 aliphatic heterocycles. The Morgan fingerprint density at radius 2 is 1.79 bits per heavy atom. The maximum Gasteiger partial charge on any atom is 0.247 e. The third-order valence-electron chi connectivity index (χ3n) is 5.94. The van der Waals surface area contributed by atoms with Gasteiger partial charge in [0.25, 0.3) is 0 Å². The molecule has 1 fully saturated rings. The number of carbonyl (C=O) groups excluding carboxylic acids is 2. The van der Waals surface area contributed by atoms with Crippen molar-refractivity contribution in [2.45, 2.75) is 70.6 Å². The van der Waals surface area contributed by atoms with E-state index >= 15 is 0 Å². The molecule has 4 rings (SSSR count). The quantitative estimate of drug-likeness (QED) is 0.614. The number of nitrogens with one attached hydrogen (secondary N) is 1. The standard InChI is InChI=1S/C25H30FN5O2/c1-25(2,3)27-24(33)23(18-12-6-7-13-19(18)26)31(17-10-4-5-11-17)22(32)16-30-21-15-9-8-14-20(21)28-29-30/h6-9,12-15,17,23H,4-5,10-11,16H2,1-3H3,(H,27,33)/t23-/m0/s1. The molecule has 7 nitrogen and oxygen atoms in total. The fraction of sp³-hybridized carbons (Fsp3) is 0.440. The van der Waals surface area contributed by atoms with Crippen LogP contribution in [0.4, 0.5) is 4.39 Å². The normalized spacial score (nSPS) is 15.5. The number of aromatic nitrogens is 3. The van der Waals surface area contributed by atoms with Crippen molar-refractivity contribution in [2.24, 2.45) is 0 Å². The molecule has 174 valence electrons. The predicted octanol–water partition coefficient (Wildman–Crippen LogP) is 4.00. The van der Waals surface area contributed by atoms with Crippen molar-refractivity contribution < 1.29 is 14.0 Å². The van der Waals surface area contributed by atoms with Gasteiger partial charge in [-0.05, 0) is 51.8 Å². The summed E-state index contributed by atoms with van der Waals surface area (Å²) in [4.78, 5) is 28.9. The second kappa shape index (κ2) is 9.29. The number of para-hydroxylation sites is 1. The molecule has 0 saturated heterocycles. The molecule has 3 aromatic rings. The van der Waals surface area contributed by atoms with Crippen LogP contribution < -0.4 is 5.32 Å². The van der Waals surface area contributed by atoms with E-state index in [1.165, 1.54) is 6.07 Å². The molecule has 1 aliphatic carbocycles. The molecule has 1 aromatic heterocycles. The van der Waals surface area contributed by atoms with E-state index in [1.54, 1.807) is 27.8 Å². The fourth-order valence-corrected chi connectivity index (χ4v) is 4.54. The Morgan fingerprint density at radius 3 is 2.48 bits per heavy atom. The molecular weight excluding hydrogens is 421 g/mol. The van der Waals surface area contributed by atoms with Gasteiger partial charge in [-0.3, -0.25) is 9.59 Å². The number of hydrogen-bond donors (Lipinski definition) is 1. The average Bonchev–Trinajstić information content (AvgIpc) is 3.42. The van der Waals surface area contributed by atoms with E-state index in [0.29, 0.717) is 5.52 Å². The Hall–Kier alpha value is -3.29. The van der Waals surface area contributed by atoms with Crippen molar-refractivity contribution in [3.05, 3.63) is 59.9 Å². The smallest absolute Gasteiger partial charge is 0.247 e. The van der Waals surface area contributed by atoms with Gasteiger partial charge in [-0.2, -0.15) is 0 Å². The van der Waals surface area contributed by atoms with E-state index in [9.17, 15) is 14.0 Å². The molecular formula is C25H30FN5O2. The highest BCUT2D eigenvalue weighted by molar-refractivity contribution is 5.90. The minimum atomic E-state index is -1.07. The lowest BCUT2D eigenvalue weighted by molar-refractivity contribution is -0.145. The van der Waals surface area contributed by atoms with Crippen molar-refractivity contribution in [1.29, 1.82) is 0 Å². The molecule has 1 aliphatic rings. The Kier molecular flexibility index (Phi) is 6.44. The number of nitrogens with zero attached hydrogens (tertiary/aromatic N) is 4. The molecule has 2 aromatic carbocycles. The molecule has 0 spiro atoms. The van der Waals surface area contributed by atoms with Crippen molar-refractivity contribution >= 4 is 22.8 Å². The van der Waals surface area contributed by atoms with E-state index in [-0.39, 0.29) is 24.1 Å². The third-order valence-corrected chi connectivity index (χ3v) is 5.94. The zero-order chi connectivity index (χ0) is 23.6. The first-order chi connectivity index (χ1) is 15.7. The topological polar surface area (TPSA) is 80.1 Å². The minimum Gasteiger partial charge on any atom is -0.349 e. The van der Waals surface area contributed by atoms with Gasteiger partial charge >= 0.3 is 0 Å². The largest absolute Gasteiger partial charge is 0.349 e. The second-order valence-electron chi connectivity index (χ2n) is 9.64. The van der Waals surface area contributed by atoms with Crippen LogP contribution in [-0.2, 0) is 16.1 Å². The number of halogens is 1. The van der Waals surface area contributed by atoms with Crippen LogP contribution in [0.15, 0.2) is 48.5 Å². The lowest BCUT2D eigenvalue weighted by Crippen LogP contribution is -2.52. The summed E-state index contributed by atoms with van der Waals surface area (Å²) in [6.07, 6.45) is 3.48. The van der Waals surface area contributed by atoms with Gasteiger partial charge in [0.1, 0.15) is 23.9 Å². The fourth-order valence-electron chi connectivity index (χ4n) is 4.54. The maximum absolute atomic E-state index is 15.0. The van der Waals surface area contributed by atoms with Crippen LogP contribution >= 0.6 is 0 Å². The molecule has 1 heterocycles. The highest BCUT2D eigenvalue weighted by Gasteiger charge is 2.39. The van der Waals surface area contributed by atoms with Gasteiger partial charge in [-0.15, -0.1) is 5.10 Å². The monoisotopic (exact) mass is 451 g/mol. The Bertz CT molecular complexity index is 1150. The Balaban J connectivity index is 1.75. The first-order valence-corrected chi connectivity index (χ1v) is 11.4. The maximum atomic E-state index is 15.0. The van der Waals surface area contributed by atoms with Gasteiger partial charge in [-0.25, -0.2) is 9.07 Å². The first kappa shape index (κ1) is 22.9. The van der Waals surface area contributed by atoms with Gasteiger partial charge < -0.3 is 10.2 Å². The number of carbonyl (C=O) groups is 2. The van der Waals surface area contributed by atoms with Gasteiger partial charge in [0.05, 0.1) is 5.52 Å². The lowest BCUT2D eigenvalue weighted by atomic mass is 9.98. The van der Waals surface area contributed by atoms with Crippen molar-refractivity contribution in [3.63, 3.8) is 0 Å². The van der Waals surface area contributed by atoms with Crippen LogP contribution in [0.2, 0.25) is 0 Å². The summed E-state index contributed by atoms with van der Waals surface area (Å²) >= 11 is 0. The zero-order valence-electron chi connectivity index (χ0n) is 19.3. The molecule has 0 radical (unpaired) electrons. The van der Waals surface area contributed by atoms with E-state index in [4.69, 9.17) is 0 Å². The summed E-state index contributed by atoms with van der Waals surface area (Å²) in [5.41, 5.74) is 1.09. The SMILES string of the molecule is CC(C)(C)NC(=O)[C@H](c1ccccc1F)N(C(=O)Cn1nnc2ccccc21)C1CCCC1. The molecule has 2 amide bonds. The summed E-state index contributed by atoms with van der Waals surface area (Å²) in [6.45, 7) is 5.52. The molecule has 1 atom stereocenters. The van der Waals surface area contributed by atoms with E-state index in [1.807, 2.05) is 45.0 Å². The van der Waals surface area contributed by atoms with Crippen LogP contribution in [0.3, 0.4) is 0 Å². The van der Waals surface area contributed by atoms with Crippen LogP contribution in [0.25, 0.3) is 11.0 Å². The lowest BCUT2D eigenvalue weighted by Gasteiger charge is -2.37. The summed E-state index contributed by atoms with van der Waals surface area (Å²) in [5, 5.41) is 11.2. The number of amides is 2. The molecule has 1 N–H and O–H groups in total.